The molecular weight excluding hydrogens is 340 g/mol. The van der Waals surface area contributed by atoms with Gasteiger partial charge in [0, 0.05) is 31.1 Å². The number of carbonyl (C=O) groups is 1. The zero-order valence-corrected chi connectivity index (χ0v) is 16.3. The molecule has 2 N–H and O–H groups in total. The standard InChI is InChI=1S/C20H26N6O/c1-13(2)10-19(27)24-18-7-6-16(11-22-18)17-12-26(9-8-15(17)5)20(25-21)23-14(3)4/h6-7,10-11,21H,3,8-9,12H2,1-2,4-5H3,(H,22,24,27). The van der Waals surface area contributed by atoms with Gasteiger partial charge >= 0.3 is 0 Å². The summed E-state index contributed by atoms with van der Waals surface area (Å²) in [7, 11) is 0. The summed E-state index contributed by atoms with van der Waals surface area (Å²) in [5.41, 5.74) is 12.3. The number of allylic oxidation sites excluding steroid dienone is 2. The van der Waals surface area contributed by atoms with Gasteiger partial charge in [-0.05, 0) is 57.4 Å². The van der Waals surface area contributed by atoms with Crippen LogP contribution >= 0.6 is 0 Å². The highest BCUT2D eigenvalue weighted by molar-refractivity contribution is 5.99. The molecule has 7 heteroatoms. The first kappa shape index (κ1) is 20.2. The summed E-state index contributed by atoms with van der Waals surface area (Å²) in [6.45, 7) is 12.7. The van der Waals surface area contributed by atoms with Crippen molar-refractivity contribution in [3.8, 4) is 0 Å². The van der Waals surface area contributed by atoms with Crippen molar-refractivity contribution < 1.29 is 4.79 Å². The number of nitrogens with one attached hydrogen (secondary N) is 2. The van der Waals surface area contributed by atoms with Crippen molar-refractivity contribution in [1.82, 2.24) is 9.88 Å². The molecule has 0 unspecified atom stereocenters. The maximum absolute atomic E-state index is 11.8. The quantitative estimate of drug-likeness (QED) is 0.358. The Labute approximate surface area is 160 Å². The molecule has 0 radical (unpaired) electrons. The molecule has 7 nitrogen and oxygen atoms in total. The topological polar surface area (TPSA) is 93.8 Å². The van der Waals surface area contributed by atoms with Crippen LogP contribution < -0.4 is 5.32 Å². The van der Waals surface area contributed by atoms with Crippen molar-refractivity contribution in [1.29, 1.82) is 5.53 Å². The normalized spacial score (nSPS) is 14.7. The smallest absolute Gasteiger partial charge is 0.249 e. The number of amides is 1. The molecule has 0 bridgehead atoms. The van der Waals surface area contributed by atoms with Gasteiger partial charge in [-0.1, -0.05) is 17.7 Å². The molecule has 0 saturated carbocycles. The number of aliphatic imine (C=N–C) groups is 1. The summed E-state index contributed by atoms with van der Waals surface area (Å²) in [6.07, 6.45) is 4.15. The third kappa shape index (κ3) is 5.70. The Bertz CT molecular complexity index is 829. The summed E-state index contributed by atoms with van der Waals surface area (Å²) >= 11 is 0. The second kappa shape index (κ2) is 9.02. The number of pyridine rings is 1. The molecule has 0 aliphatic carbocycles. The summed E-state index contributed by atoms with van der Waals surface area (Å²) < 4.78 is 0. The predicted octanol–water partition coefficient (Wildman–Crippen LogP) is 4.39. The van der Waals surface area contributed by atoms with Gasteiger partial charge in [0.2, 0.25) is 11.9 Å². The number of carbonyl (C=O) groups excluding carboxylic acids is 1. The van der Waals surface area contributed by atoms with E-state index in [9.17, 15) is 4.79 Å². The van der Waals surface area contributed by atoms with Crippen LogP contribution in [-0.4, -0.2) is 34.8 Å². The molecule has 0 aromatic carbocycles. The monoisotopic (exact) mass is 366 g/mol. The molecule has 0 fully saturated rings. The SMILES string of the molecule is C=C(C)N=C(N=N)N1CCC(C)=C(c2ccc(NC(=O)C=C(C)C)nc2)C1. The van der Waals surface area contributed by atoms with Crippen LogP contribution in [0.2, 0.25) is 0 Å². The highest BCUT2D eigenvalue weighted by Gasteiger charge is 2.21. The average Bonchev–Trinajstić information content (AvgIpc) is 2.60. The Kier molecular flexibility index (Phi) is 6.76. The van der Waals surface area contributed by atoms with Crippen molar-refractivity contribution in [2.45, 2.75) is 34.1 Å². The van der Waals surface area contributed by atoms with Crippen molar-refractivity contribution in [3.05, 3.63) is 53.4 Å². The number of hydrogen-bond donors (Lipinski definition) is 2. The molecule has 2 rings (SSSR count). The maximum Gasteiger partial charge on any atom is 0.249 e. The van der Waals surface area contributed by atoms with Crippen LogP contribution in [-0.2, 0) is 4.79 Å². The Morgan fingerprint density at radius 2 is 2.11 bits per heavy atom. The van der Waals surface area contributed by atoms with E-state index in [1.807, 2.05) is 24.8 Å². The van der Waals surface area contributed by atoms with E-state index >= 15 is 0 Å². The first-order valence-corrected chi connectivity index (χ1v) is 8.77. The summed E-state index contributed by atoms with van der Waals surface area (Å²) in [4.78, 5) is 22.4. The third-order valence-corrected chi connectivity index (χ3v) is 4.08. The van der Waals surface area contributed by atoms with E-state index in [1.165, 1.54) is 11.6 Å². The maximum atomic E-state index is 11.8. The number of hydrogen-bond acceptors (Lipinski definition) is 4. The third-order valence-electron chi connectivity index (χ3n) is 4.08. The number of guanidine groups is 1. The highest BCUT2D eigenvalue weighted by atomic mass is 16.1. The molecule has 142 valence electrons. The number of nitrogens with zero attached hydrogens (tertiary/aromatic N) is 4. The lowest BCUT2D eigenvalue weighted by atomic mass is 9.96. The lowest BCUT2D eigenvalue weighted by Gasteiger charge is -2.30. The van der Waals surface area contributed by atoms with Gasteiger partial charge in [-0.3, -0.25) is 4.79 Å². The van der Waals surface area contributed by atoms with E-state index < -0.39 is 0 Å². The van der Waals surface area contributed by atoms with Crippen LogP contribution in [0.1, 0.15) is 39.7 Å². The van der Waals surface area contributed by atoms with Gasteiger partial charge in [-0.2, -0.15) is 0 Å². The Balaban J connectivity index is 2.19. The van der Waals surface area contributed by atoms with E-state index in [2.05, 4.69) is 33.9 Å². The van der Waals surface area contributed by atoms with Crippen LogP contribution in [0.5, 0.6) is 0 Å². The summed E-state index contributed by atoms with van der Waals surface area (Å²) in [6, 6.07) is 3.74. The molecule has 1 aromatic heterocycles. The molecule has 0 spiro atoms. The van der Waals surface area contributed by atoms with Crippen LogP contribution in [0.25, 0.3) is 5.57 Å². The van der Waals surface area contributed by atoms with E-state index in [4.69, 9.17) is 5.53 Å². The largest absolute Gasteiger partial charge is 0.335 e. The fraction of sp³-hybridized carbons (Fsp3) is 0.350. The lowest BCUT2D eigenvalue weighted by molar-refractivity contribution is -0.112. The predicted molar refractivity (Wildman–Crippen MR) is 108 cm³/mol. The summed E-state index contributed by atoms with van der Waals surface area (Å²) in [5.74, 6) is 0.691. The zero-order chi connectivity index (χ0) is 20.0. The van der Waals surface area contributed by atoms with E-state index in [0.29, 0.717) is 24.0 Å². The van der Waals surface area contributed by atoms with Gasteiger partial charge in [-0.25, -0.2) is 15.5 Å². The van der Waals surface area contributed by atoms with Gasteiger partial charge in [0.25, 0.3) is 0 Å². The van der Waals surface area contributed by atoms with Crippen LogP contribution in [0, 0.1) is 5.53 Å². The molecule has 0 atom stereocenters. The zero-order valence-electron chi connectivity index (χ0n) is 16.3. The fourth-order valence-electron chi connectivity index (χ4n) is 2.77. The van der Waals surface area contributed by atoms with Gasteiger partial charge in [0.15, 0.2) is 0 Å². The molecule has 1 aliphatic heterocycles. The first-order chi connectivity index (χ1) is 12.8. The first-order valence-electron chi connectivity index (χ1n) is 8.77. The minimum atomic E-state index is -0.188. The van der Waals surface area contributed by atoms with Crippen LogP contribution in [0.4, 0.5) is 5.82 Å². The van der Waals surface area contributed by atoms with E-state index in [1.54, 1.807) is 19.2 Å². The molecule has 2 heterocycles. The van der Waals surface area contributed by atoms with E-state index in [0.717, 1.165) is 29.7 Å². The van der Waals surface area contributed by atoms with Crippen molar-refractivity contribution >= 4 is 23.3 Å². The molecule has 1 amide bonds. The Hall–Kier alpha value is -3.09. The minimum Gasteiger partial charge on any atom is -0.335 e. The van der Waals surface area contributed by atoms with Gasteiger partial charge in [-0.15, -0.1) is 5.11 Å². The Morgan fingerprint density at radius 1 is 1.37 bits per heavy atom. The molecular formula is C20H26N6O. The highest BCUT2D eigenvalue weighted by Crippen LogP contribution is 2.27. The van der Waals surface area contributed by atoms with Gasteiger partial charge in [0.1, 0.15) is 5.82 Å². The summed E-state index contributed by atoms with van der Waals surface area (Å²) in [5, 5.41) is 6.30. The average molecular weight is 366 g/mol. The van der Waals surface area contributed by atoms with Crippen molar-refractivity contribution in [2.24, 2.45) is 10.1 Å². The van der Waals surface area contributed by atoms with E-state index in [-0.39, 0.29) is 5.91 Å². The fourth-order valence-corrected chi connectivity index (χ4v) is 2.77. The lowest BCUT2D eigenvalue weighted by Crippen LogP contribution is -2.35. The molecule has 0 saturated heterocycles. The molecule has 27 heavy (non-hydrogen) atoms. The molecule has 1 aliphatic rings. The van der Waals surface area contributed by atoms with Crippen molar-refractivity contribution in [2.75, 3.05) is 18.4 Å². The minimum absolute atomic E-state index is 0.188. The van der Waals surface area contributed by atoms with Gasteiger partial charge < -0.3 is 10.2 Å². The van der Waals surface area contributed by atoms with Crippen LogP contribution in [0.3, 0.4) is 0 Å². The van der Waals surface area contributed by atoms with Gasteiger partial charge in [0.05, 0.1) is 0 Å². The molecule has 1 aromatic rings. The van der Waals surface area contributed by atoms with Crippen molar-refractivity contribution in [3.63, 3.8) is 0 Å². The second-order valence-electron chi connectivity index (χ2n) is 6.83. The van der Waals surface area contributed by atoms with Crippen LogP contribution in [0.15, 0.2) is 57.9 Å². The number of anilines is 1. The number of rotatable bonds is 4. The number of aromatic nitrogens is 1. The Morgan fingerprint density at radius 3 is 2.67 bits per heavy atom. The second-order valence-corrected chi connectivity index (χ2v) is 6.83.